The summed E-state index contributed by atoms with van der Waals surface area (Å²) in [7, 11) is 2.14. The summed E-state index contributed by atoms with van der Waals surface area (Å²) in [5, 5.41) is 34.5. The predicted molar refractivity (Wildman–Crippen MR) is 332 cm³/mol. The topological polar surface area (TPSA) is 335 Å². The number of nitrogens with one attached hydrogen (secondary N) is 8. The first kappa shape index (κ1) is 62.6. The van der Waals surface area contributed by atoms with Crippen LogP contribution in [0.4, 0.5) is 0 Å². The minimum Gasteiger partial charge on any atom is -0.508 e. The van der Waals surface area contributed by atoms with Crippen LogP contribution in [0.15, 0.2) is 140 Å². The Bertz CT molecular complexity index is 3530. The van der Waals surface area contributed by atoms with Gasteiger partial charge in [-0.1, -0.05) is 151 Å². The van der Waals surface area contributed by atoms with Gasteiger partial charge in [0.15, 0.2) is 0 Å². The van der Waals surface area contributed by atoms with Crippen LogP contribution in [0.1, 0.15) is 55.4 Å². The van der Waals surface area contributed by atoms with Gasteiger partial charge in [-0.2, -0.15) is 0 Å². The molecular formula is C63H73N11O9S2. The molecule has 8 rings (SSSR count). The fourth-order valence-electron chi connectivity index (χ4n) is 10.1. The fraction of sp³-hybridized carbons (Fsp3) is 0.333. The molecule has 15 N–H and O–H groups in total. The van der Waals surface area contributed by atoms with E-state index >= 15 is 0 Å². The van der Waals surface area contributed by atoms with E-state index in [-0.39, 0.29) is 55.9 Å². The number of amides is 8. The van der Waals surface area contributed by atoms with Crippen LogP contribution in [-0.4, -0.2) is 124 Å². The quantitative estimate of drug-likeness (QED) is 0.0430. The molecule has 2 heterocycles. The van der Waals surface area contributed by atoms with Gasteiger partial charge in [-0.05, 0) is 100 Å². The first-order valence-corrected chi connectivity index (χ1v) is 30.8. The summed E-state index contributed by atoms with van der Waals surface area (Å²) in [6.45, 7) is 3.69. The number of phenolic OH excluding ortho intramolecular Hbond substituents is 1. The third-order valence-electron chi connectivity index (χ3n) is 14.9. The molecule has 8 atom stereocenters. The van der Waals surface area contributed by atoms with Gasteiger partial charge in [0.25, 0.3) is 0 Å². The number of hydrogen-bond acceptors (Lipinski definition) is 13. The lowest BCUT2D eigenvalue weighted by atomic mass is 9.99. The van der Waals surface area contributed by atoms with E-state index in [0.717, 1.165) is 59.6 Å². The van der Waals surface area contributed by atoms with Crippen molar-refractivity contribution in [3.05, 3.63) is 162 Å². The Labute approximate surface area is 500 Å². The molecule has 1 saturated heterocycles. The predicted octanol–water partition coefficient (Wildman–Crippen LogP) is 3.84. The summed E-state index contributed by atoms with van der Waals surface area (Å²) in [6.07, 6.45) is 2.56. The maximum absolute atomic E-state index is 15.0. The number of hydrogen-bond donors (Lipinski definition) is 12. The number of aromatic nitrogens is 1. The normalized spacial score (nSPS) is 20.3. The second-order valence-corrected chi connectivity index (χ2v) is 24.2. The molecule has 85 heavy (non-hydrogen) atoms. The first-order valence-electron chi connectivity index (χ1n) is 28.3. The monoisotopic (exact) mass is 1190 g/mol. The Balaban J connectivity index is 1.14. The number of aromatic amines is 1. The molecule has 0 radical (unpaired) electrons. The number of primary amides is 1. The number of phenols is 1. The second kappa shape index (κ2) is 29.9. The van der Waals surface area contributed by atoms with E-state index in [4.69, 9.17) is 17.2 Å². The lowest BCUT2D eigenvalue weighted by Gasteiger charge is -2.29. The van der Waals surface area contributed by atoms with Crippen LogP contribution < -0.4 is 54.4 Å². The summed E-state index contributed by atoms with van der Waals surface area (Å²) >= 11 is 0. The average molecular weight is 1190 g/mol. The van der Waals surface area contributed by atoms with Crippen molar-refractivity contribution in [2.24, 2.45) is 23.1 Å². The zero-order chi connectivity index (χ0) is 60.6. The van der Waals surface area contributed by atoms with Crippen LogP contribution >= 0.6 is 21.6 Å². The Morgan fingerprint density at radius 1 is 0.624 bits per heavy atom. The molecule has 0 aliphatic carbocycles. The standard InChI is InChI=1S/C63H73N11O9S2/c1-36(2)55-63(83)73-54(61(81)69-50(56(66)76)31-39-19-23-41-12-4-6-14-43(41)28-39)35-85-84-34-53(72-57(77)47(65)29-38-18-22-40-11-3-5-13-42(40)27-38)62(82)70-51(30-37-20-24-45(75)25-21-37)59(79)71-52(32-44-33-67-48-16-8-7-15-46(44)48)60(80)68-49(58(78)74-55)17-9-10-26-64/h3-8,11-16,18-25,27-28,33,36,47,49-55,67,75H,9-10,17,26,29-32,34-35,64-65H2,1-2H3,(H2,66,76)(H,68,80)(H,69,81)(H,70,82)(H,71,79)(H,72,77)(H,73,83)(H,74,78)/t47-,49+,50+,51+,52?,53?,54?,55?/m1/s1. The minimum absolute atomic E-state index is 0.0182. The largest absolute Gasteiger partial charge is 0.508 e. The Morgan fingerprint density at radius 2 is 1.19 bits per heavy atom. The number of H-pyrrole nitrogens is 1. The van der Waals surface area contributed by atoms with Crippen molar-refractivity contribution in [2.75, 3.05) is 18.1 Å². The SMILES string of the molecule is CC(C)C1NC(=O)[C@H](CCCCN)NC(=O)C(Cc2c[nH]c3ccccc23)NC(=O)[C@H](Cc2ccc(O)cc2)NC(=O)C(NC(=O)[C@H](N)Cc2ccc3ccccc3c2)CSSCC(C(=O)N[C@@H](Cc2ccc3ccccc3c2)C(N)=O)NC1=O. The van der Waals surface area contributed by atoms with Crippen LogP contribution in [0.3, 0.4) is 0 Å². The van der Waals surface area contributed by atoms with Crippen molar-refractivity contribution in [2.45, 2.75) is 107 Å². The second-order valence-electron chi connectivity index (χ2n) is 21.7. The van der Waals surface area contributed by atoms with Crippen molar-refractivity contribution in [1.82, 2.24) is 42.2 Å². The number of para-hydroxylation sites is 1. The molecule has 7 aromatic rings. The summed E-state index contributed by atoms with van der Waals surface area (Å²) < 4.78 is 0. The zero-order valence-electron chi connectivity index (χ0n) is 47.3. The molecule has 20 nitrogen and oxygen atoms in total. The number of rotatable bonds is 18. The minimum atomic E-state index is -1.41. The summed E-state index contributed by atoms with van der Waals surface area (Å²) in [4.78, 5) is 119. The molecule has 4 unspecified atom stereocenters. The van der Waals surface area contributed by atoms with Gasteiger partial charge in [-0.3, -0.25) is 38.4 Å². The van der Waals surface area contributed by atoms with Crippen LogP contribution in [0.5, 0.6) is 5.75 Å². The van der Waals surface area contributed by atoms with Crippen molar-refractivity contribution in [3.8, 4) is 5.75 Å². The number of benzene rings is 6. The first-order chi connectivity index (χ1) is 40.9. The fourth-order valence-corrected chi connectivity index (χ4v) is 12.4. The van der Waals surface area contributed by atoms with E-state index in [9.17, 15) is 43.5 Å². The highest BCUT2D eigenvalue weighted by atomic mass is 33.1. The van der Waals surface area contributed by atoms with Crippen LogP contribution in [0, 0.1) is 5.92 Å². The highest BCUT2D eigenvalue weighted by Crippen LogP contribution is 2.26. The molecule has 446 valence electrons. The van der Waals surface area contributed by atoms with E-state index in [1.165, 1.54) is 12.1 Å². The van der Waals surface area contributed by atoms with E-state index < -0.39 is 102 Å². The van der Waals surface area contributed by atoms with E-state index in [2.05, 4.69) is 42.2 Å². The molecule has 0 bridgehead atoms. The third-order valence-corrected chi connectivity index (χ3v) is 17.3. The van der Waals surface area contributed by atoms with Gasteiger partial charge in [-0.25, -0.2) is 0 Å². The number of carbonyl (C=O) groups is 8. The molecule has 1 aromatic heterocycles. The van der Waals surface area contributed by atoms with Crippen LogP contribution in [0.25, 0.3) is 32.4 Å². The van der Waals surface area contributed by atoms with Crippen molar-refractivity contribution < 1.29 is 43.5 Å². The van der Waals surface area contributed by atoms with Crippen molar-refractivity contribution in [3.63, 3.8) is 0 Å². The van der Waals surface area contributed by atoms with Gasteiger partial charge in [0.05, 0.1) is 6.04 Å². The molecule has 0 spiro atoms. The zero-order valence-corrected chi connectivity index (χ0v) is 48.9. The van der Waals surface area contributed by atoms with Gasteiger partial charge in [0.2, 0.25) is 47.3 Å². The van der Waals surface area contributed by atoms with Gasteiger partial charge < -0.3 is 64.5 Å². The molecule has 1 fully saturated rings. The van der Waals surface area contributed by atoms with E-state index in [1.807, 2.05) is 109 Å². The number of carbonyl (C=O) groups excluding carboxylic acids is 8. The average Bonchev–Trinajstić information content (AvgIpc) is 4.02. The number of aromatic hydroxyl groups is 1. The maximum Gasteiger partial charge on any atom is 0.244 e. The van der Waals surface area contributed by atoms with Crippen molar-refractivity contribution in [1.29, 1.82) is 0 Å². The van der Waals surface area contributed by atoms with E-state index in [1.54, 1.807) is 32.2 Å². The molecule has 1 aliphatic heterocycles. The van der Waals surface area contributed by atoms with E-state index in [0.29, 0.717) is 29.5 Å². The van der Waals surface area contributed by atoms with Gasteiger partial charge in [0, 0.05) is 47.9 Å². The molecule has 0 saturated carbocycles. The molecule has 22 heteroatoms. The van der Waals surface area contributed by atoms with Crippen molar-refractivity contribution >= 4 is 101 Å². The lowest BCUT2D eigenvalue weighted by molar-refractivity contribution is -0.136. The maximum atomic E-state index is 15.0. The van der Waals surface area contributed by atoms with Gasteiger partial charge >= 0.3 is 0 Å². The summed E-state index contributed by atoms with van der Waals surface area (Å²) in [5.74, 6) is -7.08. The van der Waals surface area contributed by atoms with Crippen LogP contribution in [-0.2, 0) is 64.0 Å². The summed E-state index contributed by atoms with van der Waals surface area (Å²) in [6, 6.07) is 29.7. The lowest BCUT2D eigenvalue weighted by Crippen LogP contribution is -2.61. The summed E-state index contributed by atoms with van der Waals surface area (Å²) in [5.41, 5.74) is 21.8. The van der Waals surface area contributed by atoms with Gasteiger partial charge in [-0.15, -0.1) is 0 Å². The molecule has 6 aromatic carbocycles. The van der Waals surface area contributed by atoms with Gasteiger partial charge in [0.1, 0.15) is 48.0 Å². The van der Waals surface area contributed by atoms with Crippen LogP contribution in [0.2, 0.25) is 0 Å². The number of unbranched alkanes of at least 4 members (excludes halogenated alkanes) is 1. The number of fused-ring (bicyclic) bond motifs is 3. The highest BCUT2D eigenvalue weighted by molar-refractivity contribution is 8.76. The Hall–Kier alpha value is -8.44. The Morgan fingerprint density at radius 3 is 1.84 bits per heavy atom. The third kappa shape index (κ3) is 17.3. The highest BCUT2D eigenvalue weighted by Gasteiger charge is 2.36. The Kier molecular flexibility index (Phi) is 22.0. The molecule has 8 amide bonds. The number of nitrogens with two attached hydrogens (primary N) is 3. The smallest absolute Gasteiger partial charge is 0.244 e. The molecular weight excluding hydrogens is 1120 g/mol. The molecule has 1 aliphatic rings.